The summed E-state index contributed by atoms with van der Waals surface area (Å²) in [6, 6.07) is 8.24. The zero-order chi connectivity index (χ0) is 11.1. The molecule has 0 saturated heterocycles. The standard InChI is InChI=1S/C12H16BrClO/c1-2-15-9-10(8-14)7-11-5-3-4-6-12(11)13/h3-6,10H,2,7-9H2,1H3. The van der Waals surface area contributed by atoms with Gasteiger partial charge in [0.25, 0.3) is 0 Å². The quantitative estimate of drug-likeness (QED) is 0.723. The van der Waals surface area contributed by atoms with Crippen molar-refractivity contribution in [1.82, 2.24) is 0 Å². The number of benzene rings is 1. The summed E-state index contributed by atoms with van der Waals surface area (Å²) in [5, 5.41) is 0. The summed E-state index contributed by atoms with van der Waals surface area (Å²) < 4.78 is 6.55. The van der Waals surface area contributed by atoms with Crippen molar-refractivity contribution in [2.24, 2.45) is 5.92 Å². The average molecular weight is 292 g/mol. The monoisotopic (exact) mass is 290 g/mol. The molecule has 0 bridgehead atoms. The van der Waals surface area contributed by atoms with Crippen LogP contribution in [-0.2, 0) is 11.2 Å². The third-order valence-corrected chi connectivity index (χ3v) is 3.45. The average Bonchev–Trinajstić information content (AvgIpc) is 2.26. The first-order valence-electron chi connectivity index (χ1n) is 5.15. The van der Waals surface area contributed by atoms with Crippen molar-refractivity contribution < 1.29 is 4.74 Å². The second kappa shape index (κ2) is 7.26. The molecule has 0 N–H and O–H groups in total. The Bertz CT molecular complexity index is 291. The molecular formula is C12H16BrClO. The lowest BCUT2D eigenvalue weighted by atomic mass is 10.0. The van der Waals surface area contributed by atoms with Gasteiger partial charge < -0.3 is 4.74 Å². The van der Waals surface area contributed by atoms with Gasteiger partial charge in [0, 0.05) is 17.0 Å². The largest absolute Gasteiger partial charge is 0.381 e. The van der Waals surface area contributed by atoms with Crippen LogP contribution in [0.3, 0.4) is 0 Å². The van der Waals surface area contributed by atoms with E-state index in [1.165, 1.54) is 5.56 Å². The molecule has 1 aromatic carbocycles. The molecular weight excluding hydrogens is 275 g/mol. The van der Waals surface area contributed by atoms with Gasteiger partial charge >= 0.3 is 0 Å². The Balaban J connectivity index is 2.54. The molecule has 0 aliphatic carbocycles. The fourth-order valence-electron chi connectivity index (χ4n) is 1.42. The molecule has 0 aromatic heterocycles. The Morgan fingerprint density at radius 3 is 2.73 bits per heavy atom. The van der Waals surface area contributed by atoms with Crippen LogP contribution < -0.4 is 0 Å². The fourth-order valence-corrected chi connectivity index (χ4v) is 2.06. The molecule has 1 rings (SSSR count). The Kier molecular flexibility index (Phi) is 6.30. The maximum atomic E-state index is 5.91. The van der Waals surface area contributed by atoms with Crippen molar-refractivity contribution in [1.29, 1.82) is 0 Å². The number of hydrogen-bond donors (Lipinski definition) is 0. The summed E-state index contributed by atoms with van der Waals surface area (Å²) >= 11 is 9.45. The van der Waals surface area contributed by atoms with E-state index in [4.69, 9.17) is 16.3 Å². The van der Waals surface area contributed by atoms with Gasteiger partial charge in [-0.3, -0.25) is 0 Å². The molecule has 0 aliphatic heterocycles. The minimum Gasteiger partial charge on any atom is -0.381 e. The maximum Gasteiger partial charge on any atom is 0.0508 e. The van der Waals surface area contributed by atoms with Crippen LogP contribution in [0, 0.1) is 5.92 Å². The summed E-state index contributed by atoms with van der Waals surface area (Å²) in [5.41, 5.74) is 1.29. The predicted octanol–water partition coefficient (Wildman–Crippen LogP) is 3.88. The van der Waals surface area contributed by atoms with E-state index in [9.17, 15) is 0 Å². The lowest BCUT2D eigenvalue weighted by Gasteiger charge is -2.14. The van der Waals surface area contributed by atoms with Gasteiger partial charge in [0.05, 0.1) is 6.61 Å². The Hall–Kier alpha value is -0.0500. The minimum absolute atomic E-state index is 0.394. The fraction of sp³-hybridized carbons (Fsp3) is 0.500. The summed E-state index contributed by atoms with van der Waals surface area (Å²) in [7, 11) is 0. The van der Waals surface area contributed by atoms with Gasteiger partial charge in [0.1, 0.15) is 0 Å². The van der Waals surface area contributed by atoms with E-state index in [0.29, 0.717) is 11.8 Å². The highest BCUT2D eigenvalue weighted by Gasteiger charge is 2.10. The molecule has 0 radical (unpaired) electrons. The first kappa shape index (κ1) is 13.0. The molecule has 0 spiro atoms. The van der Waals surface area contributed by atoms with Crippen LogP contribution in [-0.4, -0.2) is 19.1 Å². The molecule has 1 unspecified atom stereocenters. The van der Waals surface area contributed by atoms with E-state index in [1.54, 1.807) is 0 Å². The Morgan fingerprint density at radius 1 is 1.40 bits per heavy atom. The molecule has 0 amide bonds. The van der Waals surface area contributed by atoms with Gasteiger partial charge in [0.15, 0.2) is 0 Å². The lowest BCUT2D eigenvalue weighted by molar-refractivity contribution is 0.117. The number of rotatable bonds is 6. The Labute approximate surface area is 105 Å². The van der Waals surface area contributed by atoms with Crippen molar-refractivity contribution in [3.63, 3.8) is 0 Å². The summed E-state index contributed by atoms with van der Waals surface area (Å²) in [4.78, 5) is 0. The van der Waals surface area contributed by atoms with Crippen LogP contribution in [0.5, 0.6) is 0 Å². The number of hydrogen-bond acceptors (Lipinski definition) is 1. The lowest BCUT2D eigenvalue weighted by Crippen LogP contribution is -2.14. The van der Waals surface area contributed by atoms with Gasteiger partial charge in [-0.25, -0.2) is 0 Å². The SMILES string of the molecule is CCOCC(CCl)Cc1ccccc1Br. The topological polar surface area (TPSA) is 9.23 Å². The van der Waals surface area contributed by atoms with Crippen molar-refractivity contribution in [2.45, 2.75) is 13.3 Å². The molecule has 1 aromatic rings. The highest BCUT2D eigenvalue weighted by Crippen LogP contribution is 2.20. The molecule has 1 nitrogen and oxygen atoms in total. The number of halogens is 2. The summed E-state index contributed by atoms with van der Waals surface area (Å²) in [6.07, 6.45) is 0.963. The van der Waals surface area contributed by atoms with Crippen molar-refractivity contribution >= 4 is 27.5 Å². The van der Waals surface area contributed by atoms with E-state index in [1.807, 2.05) is 19.1 Å². The van der Waals surface area contributed by atoms with Crippen molar-refractivity contribution in [2.75, 3.05) is 19.1 Å². The number of ether oxygens (including phenoxy) is 1. The maximum absolute atomic E-state index is 5.91. The normalized spacial score (nSPS) is 12.7. The highest BCUT2D eigenvalue weighted by molar-refractivity contribution is 9.10. The second-order valence-electron chi connectivity index (χ2n) is 3.48. The first-order valence-corrected chi connectivity index (χ1v) is 6.47. The Morgan fingerprint density at radius 2 is 2.13 bits per heavy atom. The van der Waals surface area contributed by atoms with Crippen LogP contribution in [0.25, 0.3) is 0 Å². The van der Waals surface area contributed by atoms with E-state index in [0.717, 1.165) is 24.1 Å². The molecule has 1 atom stereocenters. The van der Waals surface area contributed by atoms with Gasteiger partial charge in [-0.1, -0.05) is 34.1 Å². The highest BCUT2D eigenvalue weighted by atomic mass is 79.9. The van der Waals surface area contributed by atoms with Crippen molar-refractivity contribution in [3.05, 3.63) is 34.3 Å². The molecule has 0 saturated carbocycles. The van der Waals surface area contributed by atoms with E-state index >= 15 is 0 Å². The van der Waals surface area contributed by atoms with Crippen LogP contribution in [0.2, 0.25) is 0 Å². The van der Waals surface area contributed by atoms with E-state index in [-0.39, 0.29) is 0 Å². The van der Waals surface area contributed by atoms with E-state index < -0.39 is 0 Å². The third kappa shape index (κ3) is 4.54. The van der Waals surface area contributed by atoms with E-state index in [2.05, 4.69) is 28.1 Å². The molecule has 0 heterocycles. The molecule has 3 heteroatoms. The molecule has 84 valence electrons. The van der Waals surface area contributed by atoms with Crippen LogP contribution in [0.4, 0.5) is 0 Å². The number of alkyl halides is 1. The van der Waals surface area contributed by atoms with Crippen LogP contribution in [0.1, 0.15) is 12.5 Å². The van der Waals surface area contributed by atoms with Gasteiger partial charge in [-0.2, -0.15) is 0 Å². The minimum atomic E-state index is 0.394. The predicted molar refractivity (Wildman–Crippen MR) is 68.5 cm³/mol. The van der Waals surface area contributed by atoms with Gasteiger partial charge in [-0.05, 0) is 30.9 Å². The third-order valence-electron chi connectivity index (χ3n) is 2.24. The van der Waals surface area contributed by atoms with Crippen molar-refractivity contribution in [3.8, 4) is 0 Å². The van der Waals surface area contributed by atoms with Gasteiger partial charge in [-0.15, -0.1) is 11.6 Å². The zero-order valence-electron chi connectivity index (χ0n) is 8.88. The van der Waals surface area contributed by atoms with Crippen LogP contribution in [0.15, 0.2) is 28.7 Å². The molecule has 15 heavy (non-hydrogen) atoms. The zero-order valence-corrected chi connectivity index (χ0v) is 11.2. The summed E-state index contributed by atoms with van der Waals surface area (Å²) in [5.74, 6) is 1.03. The van der Waals surface area contributed by atoms with Gasteiger partial charge in [0.2, 0.25) is 0 Å². The van der Waals surface area contributed by atoms with Crippen LogP contribution >= 0.6 is 27.5 Å². The molecule has 0 fully saturated rings. The molecule has 0 aliphatic rings. The smallest absolute Gasteiger partial charge is 0.0508 e. The first-order chi connectivity index (χ1) is 7.27. The summed E-state index contributed by atoms with van der Waals surface area (Å²) in [6.45, 7) is 3.49. The second-order valence-corrected chi connectivity index (χ2v) is 4.64.